The second-order valence-corrected chi connectivity index (χ2v) is 7.44. The summed E-state index contributed by atoms with van der Waals surface area (Å²) in [7, 11) is 1.56. The highest BCUT2D eigenvalue weighted by Crippen LogP contribution is 2.37. The zero-order valence-electron chi connectivity index (χ0n) is 16.4. The molecule has 0 bridgehead atoms. The average Bonchev–Trinajstić information content (AvgIpc) is 2.78. The zero-order valence-corrected chi connectivity index (χ0v) is 17.2. The van der Waals surface area contributed by atoms with Gasteiger partial charge in [0.2, 0.25) is 0 Å². The molecule has 2 heterocycles. The lowest BCUT2D eigenvalue weighted by Crippen LogP contribution is -2.33. The zero-order chi connectivity index (χ0) is 21.5. The van der Waals surface area contributed by atoms with Crippen molar-refractivity contribution in [2.75, 3.05) is 7.11 Å². The molecule has 0 atom stereocenters. The Balaban J connectivity index is 1.77. The first-order valence-corrected chi connectivity index (χ1v) is 9.91. The molecule has 0 fully saturated rings. The van der Waals surface area contributed by atoms with Gasteiger partial charge in [0, 0.05) is 22.5 Å². The quantitative estimate of drug-likeness (QED) is 0.456. The smallest absolute Gasteiger partial charge is 0.333 e. The Hall–Kier alpha value is -3.90. The molecular formula is C24H16ClN3O3. The molecule has 0 unspecified atom stereocenters. The summed E-state index contributed by atoms with van der Waals surface area (Å²) in [6.07, 6.45) is 3.22. The molecule has 0 aliphatic carbocycles. The van der Waals surface area contributed by atoms with Crippen molar-refractivity contribution in [2.45, 2.75) is 0 Å². The van der Waals surface area contributed by atoms with E-state index in [2.05, 4.69) is 9.97 Å². The molecule has 1 N–H and O–H groups in total. The Bertz CT molecular complexity index is 1580. The van der Waals surface area contributed by atoms with Crippen molar-refractivity contribution in [1.82, 2.24) is 14.5 Å². The van der Waals surface area contributed by atoms with Crippen LogP contribution in [0.3, 0.4) is 0 Å². The summed E-state index contributed by atoms with van der Waals surface area (Å²) >= 11 is 6.39. The highest BCUT2D eigenvalue weighted by atomic mass is 35.5. The number of nitrogens with one attached hydrogen (secondary N) is 1. The first-order chi connectivity index (χ1) is 15.1. The van der Waals surface area contributed by atoms with Gasteiger partial charge in [0.25, 0.3) is 5.56 Å². The molecule has 5 aromatic rings. The molecule has 0 aliphatic rings. The number of rotatable bonds is 3. The maximum Gasteiger partial charge on any atom is 0.333 e. The van der Waals surface area contributed by atoms with Crippen LogP contribution in [0.4, 0.5) is 0 Å². The van der Waals surface area contributed by atoms with Gasteiger partial charge in [-0.1, -0.05) is 48.0 Å². The Morgan fingerprint density at radius 2 is 1.81 bits per heavy atom. The second-order valence-electron chi connectivity index (χ2n) is 7.03. The van der Waals surface area contributed by atoms with Gasteiger partial charge in [0.1, 0.15) is 5.75 Å². The summed E-state index contributed by atoms with van der Waals surface area (Å²) in [6.45, 7) is 0. The van der Waals surface area contributed by atoms with Gasteiger partial charge in [-0.15, -0.1) is 0 Å². The summed E-state index contributed by atoms with van der Waals surface area (Å²) in [4.78, 5) is 33.3. The largest absolute Gasteiger partial charge is 0.496 e. The molecule has 0 saturated heterocycles. The van der Waals surface area contributed by atoms with Crippen LogP contribution in [0.25, 0.3) is 38.5 Å². The van der Waals surface area contributed by atoms with Crippen LogP contribution < -0.4 is 16.0 Å². The highest BCUT2D eigenvalue weighted by Gasteiger charge is 2.15. The van der Waals surface area contributed by atoms with Crippen LogP contribution in [0.5, 0.6) is 5.75 Å². The molecular weight excluding hydrogens is 414 g/mol. The summed E-state index contributed by atoms with van der Waals surface area (Å²) < 4.78 is 6.55. The van der Waals surface area contributed by atoms with Crippen molar-refractivity contribution < 1.29 is 4.74 Å². The predicted molar refractivity (Wildman–Crippen MR) is 122 cm³/mol. The molecule has 0 aliphatic heterocycles. The Morgan fingerprint density at radius 1 is 0.968 bits per heavy atom. The van der Waals surface area contributed by atoms with E-state index in [1.807, 2.05) is 24.3 Å². The number of nitrogens with zero attached hydrogens (tertiary/aromatic N) is 2. The fourth-order valence-corrected chi connectivity index (χ4v) is 4.10. The summed E-state index contributed by atoms with van der Waals surface area (Å²) in [5.74, 6) is 0.601. The first kappa shape index (κ1) is 19.1. The number of H-pyrrole nitrogens is 1. The van der Waals surface area contributed by atoms with Gasteiger partial charge in [-0.25, -0.2) is 9.36 Å². The lowest BCUT2D eigenvalue weighted by molar-refractivity contribution is 0.416. The van der Waals surface area contributed by atoms with Crippen LogP contribution in [0.2, 0.25) is 5.02 Å². The SMILES string of the molecule is COc1cccc(Cl)c1-c1ccc2c(=O)n(-c3cncc4ccccc34)c(=O)[nH]c2c1. The monoisotopic (exact) mass is 429 g/mol. The number of pyridine rings is 1. The van der Waals surface area contributed by atoms with E-state index in [1.165, 1.54) is 6.20 Å². The topological polar surface area (TPSA) is 77.0 Å². The first-order valence-electron chi connectivity index (χ1n) is 9.53. The van der Waals surface area contributed by atoms with Crippen molar-refractivity contribution in [3.63, 3.8) is 0 Å². The normalized spacial score (nSPS) is 11.2. The van der Waals surface area contributed by atoms with Gasteiger partial charge in [-0.2, -0.15) is 0 Å². The molecule has 5 rings (SSSR count). The van der Waals surface area contributed by atoms with Crippen LogP contribution in [-0.4, -0.2) is 21.6 Å². The van der Waals surface area contributed by atoms with Crippen molar-refractivity contribution in [3.05, 3.63) is 98.9 Å². The van der Waals surface area contributed by atoms with Gasteiger partial charge < -0.3 is 9.72 Å². The minimum atomic E-state index is -0.543. The number of aromatic nitrogens is 3. The van der Waals surface area contributed by atoms with Crippen LogP contribution in [0.15, 0.2) is 82.6 Å². The third-order valence-electron chi connectivity index (χ3n) is 5.27. The number of fused-ring (bicyclic) bond motifs is 2. The standard InChI is InChI=1S/C24H16ClN3O3/c1-31-21-8-4-7-18(25)22(21)14-9-10-17-19(11-14)27-24(30)28(23(17)29)20-13-26-12-15-5-2-3-6-16(15)20/h2-13H,1H3,(H,27,30). The lowest BCUT2D eigenvalue weighted by atomic mass is 10.0. The number of halogens is 1. The van der Waals surface area contributed by atoms with Crippen LogP contribution >= 0.6 is 11.6 Å². The summed E-state index contributed by atoms with van der Waals surface area (Å²) in [6, 6.07) is 18.0. The van der Waals surface area contributed by atoms with Gasteiger partial charge >= 0.3 is 5.69 Å². The van der Waals surface area contributed by atoms with Gasteiger partial charge in [-0.05, 0) is 29.8 Å². The van der Waals surface area contributed by atoms with Crippen LogP contribution in [0, 0.1) is 0 Å². The second kappa shape index (κ2) is 7.41. The maximum absolute atomic E-state index is 13.3. The van der Waals surface area contributed by atoms with Crippen LogP contribution in [-0.2, 0) is 0 Å². The number of benzene rings is 3. The van der Waals surface area contributed by atoms with Gasteiger partial charge in [0.05, 0.1) is 34.9 Å². The third kappa shape index (κ3) is 3.08. The van der Waals surface area contributed by atoms with E-state index < -0.39 is 11.2 Å². The number of hydrogen-bond acceptors (Lipinski definition) is 4. The number of methoxy groups -OCH3 is 1. The fraction of sp³-hybridized carbons (Fsp3) is 0.0417. The molecule has 3 aromatic carbocycles. The van der Waals surface area contributed by atoms with Gasteiger partial charge in [-0.3, -0.25) is 9.78 Å². The highest BCUT2D eigenvalue weighted by molar-refractivity contribution is 6.33. The Kier molecular flexibility index (Phi) is 4.56. The van der Waals surface area contributed by atoms with E-state index in [0.717, 1.165) is 20.9 Å². The molecule has 0 spiro atoms. The average molecular weight is 430 g/mol. The molecule has 0 radical (unpaired) electrons. The fourth-order valence-electron chi connectivity index (χ4n) is 3.83. The molecule has 6 nitrogen and oxygen atoms in total. The summed E-state index contributed by atoms with van der Waals surface area (Å²) in [5, 5.41) is 2.49. The maximum atomic E-state index is 13.3. The van der Waals surface area contributed by atoms with Crippen molar-refractivity contribution in [3.8, 4) is 22.6 Å². The third-order valence-corrected chi connectivity index (χ3v) is 5.58. The minimum absolute atomic E-state index is 0.377. The molecule has 0 saturated carbocycles. The number of ether oxygens (including phenoxy) is 1. The van der Waals surface area contributed by atoms with E-state index in [0.29, 0.717) is 32.9 Å². The molecule has 152 valence electrons. The van der Waals surface area contributed by atoms with Crippen molar-refractivity contribution in [2.24, 2.45) is 0 Å². The van der Waals surface area contributed by atoms with E-state index >= 15 is 0 Å². The van der Waals surface area contributed by atoms with E-state index in [9.17, 15) is 9.59 Å². The van der Waals surface area contributed by atoms with Crippen LogP contribution in [0.1, 0.15) is 0 Å². The molecule has 0 amide bonds. The Morgan fingerprint density at radius 3 is 2.65 bits per heavy atom. The number of hydrogen-bond donors (Lipinski definition) is 1. The molecule has 2 aromatic heterocycles. The van der Waals surface area contributed by atoms with E-state index in [1.54, 1.807) is 49.7 Å². The van der Waals surface area contributed by atoms with E-state index in [4.69, 9.17) is 16.3 Å². The summed E-state index contributed by atoms with van der Waals surface area (Å²) in [5.41, 5.74) is 1.31. The Labute approximate surface area is 181 Å². The van der Waals surface area contributed by atoms with Gasteiger partial charge in [0.15, 0.2) is 0 Å². The van der Waals surface area contributed by atoms with Crippen molar-refractivity contribution >= 4 is 33.3 Å². The number of aromatic amines is 1. The van der Waals surface area contributed by atoms with Crippen molar-refractivity contribution in [1.29, 1.82) is 0 Å². The molecule has 7 heteroatoms. The molecule has 31 heavy (non-hydrogen) atoms. The van der Waals surface area contributed by atoms with E-state index in [-0.39, 0.29) is 0 Å². The predicted octanol–water partition coefficient (Wildman–Crippen LogP) is 4.56. The lowest BCUT2D eigenvalue weighted by Gasteiger charge is -2.12. The minimum Gasteiger partial charge on any atom is -0.496 e.